The van der Waals surface area contributed by atoms with Crippen molar-refractivity contribution in [1.29, 1.82) is 0 Å². The first-order chi connectivity index (χ1) is 18.8. The zero-order valence-corrected chi connectivity index (χ0v) is 23.4. The number of amides is 2. The second-order valence-electron chi connectivity index (χ2n) is 10.2. The Kier molecular flexibility index (Phi) is 8.36. The fourth-order valence-electron chi connectivity index (χ4n) is 4.12. The number of oxazole rings is 1. The predicted octanol–water partition coefficient (Wildman–Crippen LogP) is 5.39. The minimum absolute atomic E-state index is 0.0574. The van der Waals surface area contributed by atoms with Crippen molar-refractivity contribution in [2.75, 3.05) is 5.32 Å². The van der Waals surface area contributed by atoms with Crippen molar-refractivity contribution in [3.8, 4) is 0 Å². The molecule has 0 atom stereocenters. The van der Waals surface area contributed by atoms with Gasteiger partial charge in [0.05, 0.1) is 11.6 Å². The number of pyridine rings is 2. The van der Waals surface area contributed by atoms with Crippen molar-refractivity contribution in [3.05, 3.63) is 81.0 Å². The maximum Gasteiger partial charge on any atom is 0.413 e. The van der Waals surface area contributed by atoms with Crippen molar-refractivity contribution in [1.82, 2.24) is 20.3 Å². The van der Waals surface area contributed by atoms with Crippen molar-refractivity contribution in [3.63, 3.8) is 0 Å². The minimum Gasteiger partial charge on any atom is -0.444 e. The molecule has 0 saturated carbocycles. The van der Waals surface area contributed by atoms with E-state index < -0.39 is 30.0 Å². The van der Waals surface area contributed by atoms with Gasteiger partial charge in [-0.15, -0.1) is 0 Å². The number of ether oxygens (including phenoxy) is 1. The molecule has 0 saturated heterocycles. The summed E-state index contributed by atoms with van der Waals surface area (Å²) in [5.41, 5.74) is 2.25. The number of rotatable bonds is 7. The summed E-state index contributed by atoms with van der Waals surface area (Å²) in [6.07, 6.45) is 0.825. The van der Waals surface area contributed by atoms with Gasteiger partial charge in [-0.05, 0) is 75.6 Å². The largest absolute Gasteiger partial charge is 0.444 e. The van der Waals surface area contributed by atoms with Gasteiger partial charge in [-0.2, -0.15) is 0 Å². The molecule has 0 unspecified atom stereocenters. The van der Waals surface area contributed by atoms with Crippen LogP contribution in [0.15, 0.2) is 34.9 Å². The molecule has 12 heteroatoms. The van der Waals surface area contributed by atoms with Gasteiger partial charge in [-0.25, -0.2) is 19.2 Å². The number of benzene rings is 1. The number of carbonyl (C=O) groups excluding carboxylic acids is 2. The van der Waals surface area contributed by atoms with Crippen LogP contribution < -0.4 is 10.6 Å². The van der Waals surface area contributed by atoms with Crippen LogP contribution in [-0.4, -0.2) is 37.7 Å². The number of aliphatic hydroxyl groups excluding tert-OH is 1. The van der Waals surface area contributed by atoms with Gasteiger partial charge in [-0.1, -0.05) is 11.6 Å². The molecule has 0 aliphatic carbocycles. The molecular weight excluding hydrogens is 541 g/mol. The average molecular weight is 570 g/mol. The van der Waals surface area contributed by atoms with Crippen LogP contribution >= 0.6 is 11.6 Å². The topological polar surface area (TPSA) is 139 Å². The molecule has 0 radical (unpaired) electrons. The number of aromatic nitrogens is 3. The Morgan fingerprint density at radius 1 is 1.15 bits per heavy atom. The van der Waals surface area contributed by atoms with Gasteiger partial charge in [0.1, 0.15) is 28.4 Å². The summed E-state index contributed by atoms with van der Waals surface area (Å²) in [4.78, 5) is 37.7. The van der Waals surface area contributed by atoms with Crippen LogP contribution in [-0.2, 0) is 24.3 Å². The summed E-state index contributed by atoms with van der Waals surface area (Å²) in [6.45, 7) is 8.46. The van der Waals surface area contributed by atoms with Gasteiger partial charge < -0.3 is 19.6 Å². The normalized spacial score (nSPS) is 11.5. The fourth-order valence-corrected chi connectivity index (χ4v) is 4.29. The van der Waals surface area contributed by atoms with Gasteiger partial charge >= 0.3 is 6.09 Å². The lowest BCUT2D eigenvalue weighted by Gasteiger charge is -2.20. The average Bonchev–Trinajstić information content (AvgIpc) is 3.24. The van der Waals surface area contributed by atoms with Crippen LogP contribution in [0.3, 0.4) is 0 Å². The lowest BCUT2D eigenvalue weighted by atomic mass is 10.1. The van der Waals surface area contributed by atoms with Gasteiger partial charge in [-0.3, -0.25) is 15.1 Å². The number of hydrogen-bond acceptors (Lipinski definition) is 8. The Morgan fingerprint density at radius 2 is 1.90 bits per heavy atom. The molecule has 0 spiro atoms. The standard InChI is InChI=1S/C28H29ClFN5O5/c1-14-6-22(35-27(38)40-28(3,4)5)33-15(2)19(14)12-32-26(37)25-21(13-36)34-23(39-25)9-16-7-17-10-18(29)11-31-24(17)20(30)8-16/h6-8,10-11,36H,9,12-13H2,1-5H3,(H,32,37)(H,33,35,38). The summed E-state index contributed by atoms with van der Waals surface area (Å²) in [6, 6.07) is 6.30. The monoisotopic (exact) mass is 569 g/mol. The van der Waals surface area contributed by atoms with Crippen LogP contribution in [0.5, 0.6) is 0 Å². The molecular formula is C28H29ClFN5O5. The fraction of sp³-hybridized carbons (Fsp3) is 0.321. The number of fused-ring (bicyclic) bond motifs is 1. The van der Waals surface area contributed by atoms with E-state index in [-0.39, 0.29) is 35.8 Å². The number of hydrogen-bond donors (Lipinski definition) is 3. The van der Waals surface area contributed by atoms with Gasteiger partial charge in [0.2, 0.25) is 5.76 Å². The number of halogens is 2. The number of anilines is 1. The Morgan fingerprint density at radius 3 is 2.58 bits per heavy atom. The smallest absolute Gasteiger partial charge is 0.413 e. The molecule has 10 nitrogen and oxygen atoms in total. The summed E-state index contributed by atoms with van der Waals surface area (Å²) in [7, 11) is 0. The summed E-state index contributed by atoms with van der Waals surface area (Å²) in [5, 5.41) is 16.0. The quantitative estimate of drug-likeness (QED) is 0.269. The minimum atomic E-state index is -0.649. The molecule has 3 aromatic heterocycles. The predicted molar refractivity (Wildman–Crippen MR) is 147 cm³/mol. The third-order valence-corrected chi connectivity index (χ3v) is 6.03. The van der Waals surface area contributed by atoms with E-state index in [2.05, 4.69) is 25.6 Å². The molecule has 4 aromatic rings. The second kappa shape index (κ2) is 11.6. The van der Waals surface area contributed by atoms with Crippen molar-refractivity contribution < 1.29 is 28.2 Å². The van der Waals surface area contributed by atoms with Crippen LogP contribution in [0.1, 0.15) is 65.3 Å². The maximum atomic E-state index is 14.5. The first kappa shape index (κ1) is 28.9. The molecule has 0 aliphatic heterocycles. The number of nitrogens with one attached hydrogen (secondary N) is 2. The highest BCUT2D eigenvalue weighted by atomic mass is 35.5. The van der Waals surface area contributed by atoms with Crippen molar-refractivity contribution in [2.24, 2.45) is 0 Å². The molecule has 210 valence electrons. The lowest BCUT2D eigenvalue weighted by molar-refractivity contribution is 0.0635. The number of carbonyl (C=O) groups is 2. The van der Waals surface area contributed by atoms with E-state index in [4.69, 9.17) is 20.8 Å². The van der Waals surface area contributed by atoms with Gasteiger partial charge in [0.15, 0.2) is 5.89 Å². The Balaban J connectivity index is 1.47. The Labute approximate surface area is 234 Å². The third-order valence-electron chi connectivity index (χ3n) is 5.82. The molecule has 0 bridgehead atoms. The zero-order valence-electron chi connectivity index (χ0n) is 22.7. The molecule has 4 rings (SSSR count). The van der Waals surface area contributed by atoms with E-state index in [1.165, 1.54) is 12.3 Å². The second-order valence-corrected chi connectivity index (χ2v) is 10.7. The van der Waals surface area contributed by atoms with E-state index in [0.717, 1.165) is 11.1 Å². The highest BCUT2D eigenvalue weighted by molar-refractivity contribution is 6.31. The molecule has 2 amide bonds. The van der Waals surface area contributed by atoms with Crippen LogP contribution in [0.2, 0.25) is 5.02 Å². The van der Waals surface area contributed by atoms with Crippen LogP contribution in [0.4, 0.5) is 15.0 Å². The lowest BCUT2D eigenvalue weighted by Crippen LogP contribution is -2.28. The van der Waals surface area contributed by atoms with Crippen molar-refractivity contribution in [2.45, 2.75) is 59.8 Å². The van der Waals surface area contributed by atoms with E-state index in [1.807, 2.05) is 6.92 Å². The summed E-state index contributed by atoms with van der Waals surface area (Å²) >= 11 is 5.99. The summed E-state index contributed by atoms with van der Waals surface area (Å²) in [5.74, 6) is -0.796. The van der Waals surface area contributed by atoms with E-state index in [9.17, 15) is 19.1 Å². The SMILES string of the molecule is Cc1cc(NC(=O)OC(C)(C)C)nc(C)c1CNC(=O)c1oc(Cc2cc(F)c3ncc(Cl)cc3c2)nc1CO. The highest BCUT2D eigenvalue weighted by Gasteiger charge is 2.22. The van der Waals surface area contributed by atoms with E-state index >= 15 is 0 Å². The van der Waals surface area contributed by atoms with Crippen molar-refractivity contribution >= 4 is 40.3 Å². The first-order valence-electron chi connectivity index (χ1n) is 12.4. The molecule has 0 fully saturated rings. The third kappa shape index (κ3) is 6.91. The maximum absolute atomic E-state index is 14.5. The van der Waals surface area contributed by atoms with Gasteiger partial charge in [0, 0.05) is 30.2 Å². The van der Waals surface area contributed by atoms with Gasteiger partial charge in [0.25, 0.3) is 5.91 Å². The number of aliphatic hydroxyl groups is 1. The molecule has 1 aromatic carbocycles. The number of aryl methyl sites for hydroxylation is 2. The Bertz CT molecular complexity index is 1580. The van der Waals surface area contributed by atoms with Crippen LogP contribution in [0, 0.1) is 19.7 Å². The van der Waals surface area contributed by atoms with Crippen LogP contribution in [0.25, 0.3) is 10.9 Å². The number of nitrogens with zero attached hydrogens (tertiary/aromatic N) is 3. The first-order valence-corrected chi connectivity index (χ1v) is 12.8. The molecule has 40 heavy (non-hydrogen) atoms. The summed E-state index contributed by atoms with van der Waals surface area (Å²) < 4.78 is 25.5. The highest BCUT2D eigenvalue weighted by Crippen LogP contribution is 2.24. The van der Waals surface area contributed by atoms with E-state index in [0.29, 0.717) is 27.5 Å². The molecule has 3 N–H and O–H groups in total. The molecule has 0 aliphatic rings. The zero-order chi connectivity index (χ0) is 29.2. The van der Waals surface area contributed by atoms with E-state index in [1.54, 1.807) is 45.9 Å². The molecule has 3 heterocycles. The Hall–Kier alpha value is -4.09.